The number of primary amides is 1. The van der Waals surface area contributed by atoms with E-state index in [-0.39, 0.29) is 0 Å². The zero-order valence-electron chi connectivity index (χ0n) is 7.03. The third-order valence-corrected chi connectivity index (χ3v) is 2.04. The van der Waals surface area contributed by atoms with Gasteiger partial charge in [-0.05, 0) is 0 Å². The number of imide groups is 1. The van der Waals surface area contributed by atoms with E-state index in [1.807, 2.05) is 0 Å². The van der Waals surface area contributed by atoms with Gasteiger partial charge in [-0.15, -0.1) is 4.83 Å². The molecule has 0 heterocycles. The van der Waals surface area contributed by atoms with Gasteiger partial charge in [-0.1, -0.05) is 0 Å². The fourth-order valence-corrected chi connectivity index (χ4v) is 0.699. The molecule has 5 N–H and O–H groups in total. The van der Waals surface area contributed by atoms with Crippen molar-refractivity contribution in [1.29, 1.82) is 0 Å². The van der Waals surface area contributed by atoms with E-state index in [2.05, 4.69) is 5.73 Å². The molecule has 0 saturated carbocycles. The van der Waals surface area contributed by atoms with Crippen molar-refractivity contribution in [3.8, 4) is 0 Å². The third kappa shape index (κ3) is 4.37. The summed E-state index contributed by atoms with van der Waals surface area (Å²) in [6, 6.07) is -2.35. The van der Waals surface area contributed by atoms with E-state index in [0.717, 1.165) is 6.92 Å². The van der Waals surface area contributed by atoms with Crippen LogP contribution in [0.1, 0.15) is 6.92 Å². The lowest BCUT2D eigenvalue weighted by Gasteiger charge is -2.04. The first-order valence-corrected chi connectivity index (χ1v) is 4.63. The maximum atomic E-state index is 10.7. The molecule has 4 amide bonds. The van der Waals surface area contributed by atoms with E-state index in [9.17, 15) is 22.8 Å². The molecule has 0 fully saturated rings. The van der Waals surface area contributed by atoms with E-state index < -0.39 is 27.2 Å². The standard InChI is InChI=1S/C4H8N4O5S/c1-2(9)14(12,13)8-7-4(11)6-3(5)10/h8H,1H3,(H4,5,6,7,10,11). The van der Waals surface area contributed by atoms with Crippen molar-refractivity contribution in [3.63, 3.8) is 0 Å². The van der Waals surface area contributed by atoms with Gasteiger partial charge in [0.05, 0.1) is 0 Å². The molecule has 0 aliphatic heterocycles. The summed E-state index contributed by atoms with van der Waals surface area (Å²) >= 11 is 0. The van der Waals surface area contributed by atoms with Gasteiger partial charge in [-0.2, -0.15) is 0 Å². The van der Waals surface area contributed by atoms with Crippen molar-refractivity contribution < 1.29 is 22.8 Å². The summed E-state index contributed by atoms with van der Waals surface area (Å²) in [4.78, 5) is 32.4. The Balaban J connectivity index is 4.14. The normalized spacial score (nSPS) is 10.4. The summed E-state index contributed by atoms with van der Waals surface area (Å²) < 4.78 is 21.4. The monoisotopic (exact) mass is 224 g/mol. The highest BCUT2D eigenvalue weighted by Gasteiger charge is 2.17. The second kappa shape index (κ2) is 4.53. The van der Waals surface area contributed by atoms with Crippen LogP contribution in [0.15, 0.2) is 0 Å². The fraction of sp³-hybridized carbons (Fsp3) is 0.250. The Kier molecular flexibility index (Phi) is 3.98. The molecule has 0 radical (unpaired) electrons. The van der Waals surface area contributed by atoms with E-state index in [1.54, 1.807) is 0 Å². The Morgan fingerprint density at radius 2 is 1.71 bits per heavy atom. The second-order valence-electron chi connectivity index (χ2n) is 2.04. The molecule has 0 bridgehead atoms. The largest absolute Gasteiger partial charge is 0.351 e. The Hall–Kier alpha value is -1.68. The van der Waals surface area contributed by atoms with Gasteiger partial charge in [0.25, 0.3) is 15.1 Å². The van der Waals surface area contributed by atoms with Crippen LogP contribution in [-0.4, -0.2) is 25.6 Å². The number of urea groups is 2. The molecule has 0 atom stereocenters. The topological polar surface area (TPSA) is 147 Å². The minimum Gasteiger partial charge on any atom is -0.351 e. The van der Waals surface area contributed by atoms with Crippen LogP contribution in [0.4, 0.5) is 9.59 Å². The molecule has 0 aromatic carbocycles. The molecule has 0 aliphatic rings. The van der Waals surface area contributed by atoms with Crippen LogP contribution >= 0.6 is 0 Å². The minimum absolute atomic E-state index is 0.788. The van der Waals surface area contributed by atoms with Gasteiger partial charge in [-0.3, -0.25) is 15.5 Å². The van der Waals surface area contributed by atoms with Crippen LogP contribution in [0.5, 0.6) is 0 Å². The number of carbonyl (C=O) groups excluding carboxylic acids is 3. The maximum absolute atomic E-state index is 10.7. The highest BCUT2D eigenvalue weighted by atomic mass is 32.2. The highest BCUT2D eigenvalue weighted by molar-refractivity contribution is 8.04. The Morgan fingerprint density at radius 3 is 2.07 bits per heavy atom. The molecule has 0 spiro atoms. The molecule has 0 unspecified atom stereocenters. The molecular formula is C4H8N4O5S. The van der Waals surface area contributed by atoms with Crippen molar-refractivity contribution in [2.45, 2.75) is 6.92 Å². The fourth-order valence-electron chi connectivity index (χ4n) is 0.329. The number of sulfonamides is 1. The number of hydrazine groups is 1. The number of rotatable bonds is 2. The Morgan fingerprint density at radius 1 is 1.21 bits per heavy atom. The zero-order chi connectivity index (χ0) is 11.4. The van der Waals surface area contributed by atoms with E-state index >= 15 is 0 Å². The van der Waals surface area contributed by atoms with Gasteiger partial charge in [0.1, 0.15) is 0 Å². The number of nitrogens with two attached hydrogens (primary N) is 1. The summed E-state index contributed by atoms with van der Waals surface area (Å²) in [5, 5.41) is 0.321. The summed E-state index contributed by atoms with van der Waals surface area (Å²) in [5.74, 6) is 0. The number of hydrogen-bond donors (Lipinski definition) is 4. The molecule has 10 heteroatoms. The average molecular weight is 224 g/mol. The van der Waals surface area contributed by atoms with Crippen molar-refractivity contribution in [2.24, 2.45) is 5.73 Å². The van der Waals surface area contributed by atoms with Crippen molar-refractivity contribution >= 4 is 27.2 Å². The lowest BCUT2D eigenvalue weighted by Crippen LogP contribution is -2.50. The highest BCUT2D eigenvalue weighted by Crippen LogP contribution is 1.81. The van der Waals surface area contributed by atoms with Gasteiger partial charge < -0.3 is 5.73 Å². The van der Waals surface area contributed by atoms with Crippen LogP contribution < -0.4 is 21.3 Å². The van der Waals surface area contributed by atoms with Crippen LogP contribution in [0.25, 0.3) is 0 Å². The predicted molar refractivity (Wildman–Crippen MR) is 44.0 cm³/mol. The SMILES string of the molecule is CC(=O)S(=O)(=O)NNC(=O)NC(N)=O. The van der Waals surface area contributed by atoms with Gasteiger partial charge in [-0.25, -0.2) is 18.0 Å². The third-order valence-electron chi connectivity index (χ3n) is 0.914. The molecule has 0 saturated heterocycles. The number of carbonyl (C=O) groups is 3. The lowest BCUT2D eigenvalue weighted by molar-refractivity contribution is -0.110. The summed E-state index contributed by atoms with van der Waals surface area (Å²) in [6.07, 6.45) is 0. The van der Waals surface area contributed by atoms with Crippen molar-refractivity contribution in [3.05, 3.63) is 0 Å². The smallest absolute Gasteiger partial charge is 0.338 e. The molecule has 80 valence electrons. The van der Waals surface area contributed by atoms with E-state index in [0.29, 0.717) is 0 Å². The van der Waals surface area contributed by atoms with Crippen molar-refractivity contribution in [2.75, 3.05) is 0 Å². The summed E-state index contributed by atoms with van der Waals surface area (Å²) in [5.41, 5.74) is 6.06. The first kappa shape index (κ1) is 12.3. The Bertz CT molecular complexity index is 360. The van der Waals surface area contributed by atoms with Crippen LogP contribution in [0.2, 0.25) is 0 Å². The lowest BCUT2D eigenvalue weighted by atomic mass is 10.9. The molecular weight excluding hydrogens is 216 g/mol. The zero-order valence-corrected chi connectivity index (χ0v) is 7.84. The second-order valence-corrected chi connectivity index (χ2v) is 3.83. The summed E-state index contributed by atoms with van der Waals surface area (Å²) in [6.45, 7) is 0.788. The number of amides is 4. The molecule has 0 aromatic rings. The van der Waals surface area contributed by atoms with E-state index in [4.69, 9.17) is 0 Å². The maximum Gasteiger partial charge on any atom is 0.338 e. The Labute approximate surface area is 79.0 Å². The van der Waals surface area contributed by atoms with Gasteiger partial charge in [0.15, 0.2) is 0 Å². The summed E-state index contributed by atoms with van der Waals surface area (Å²) in [7, 11) is -4.24. The average Bonchev–Trinajstić information content (AvgIpc) is 1.99. The first-order chi connectivity index (χ1) is 6.25. The van der Waals surface area contributed by atoms with Crippen LogP contribution in [-0.2, 0) is 14.8 Å². The molecule has 9 nitrogen and oxygen atoms in total. The number of nitrogens with one attached hydrogen (secondary N) is 3. The van der Waals surface area contributed by atoms with Gasteiger partial charge in [0, 0.05) is 6.92 Å². The van der Waals surface area contributed by atoms with Crippen LogP contribution in [0, 0.1) is 0 Å². The first-order valence-electron chi connectivity index (χ1n) is 3.14. The van der Waals surface area contributed by atoms with Crippen LogP contribution in [0.3, 0.4) is 0 Å². The minimum atomic E-state index is -4.24. The molecule has 0 rings (SSSR count). The van der Waals surface area contributed by atoms with E-state index in [1.165, 1.54) is 15.6 Å². The molecule has 0 aliphatic carbocycles. The molecule has 0 aromatic heterocycles. The van der Waals surface area contributed by atoms with Gasteiger partial charge >= 0.3 is 12.1 Å². The van der Waals surface area contributed by atoms with Crippen molar-refractivity contribution in [1.82, 2.24) is 15.6 Å². The quantitative estimate of drug-likeness (QED) is 0.391. The molecule has 14 heavy (non-hydrogen) atoms. The predicted octanol–water partition coefficient (Wildman–Crippen LogP) is -2.25. The number of hydrogen-bond acceptors (Lipinski definition) is 5. The van der Waals surface area contributed by atoms with Gasteiger partial charge in [0.2, 0.25) is 0 Å².